The van der Waals surface area contributed by atoms with Crippen LogP contribution in [0.5, 0.6) is 0 Å². The van der Waals surface area contributed by atoms with Crippen molar-refractivity contribution in [3.63, 3.8) is 0 Å². The maximum atomic E-state index is 11.6. The lowest BCUT2D eigenvalue weighted by molar-refractivity contribution is -0.384. The molecule has 0 spiro atoms. The van der Waals surface area contributed by atoms with Crippen LogP contribution in [-0.4, -0.2) is 20.9 Å². The monoisotopic (exact) mass is 346 g/mol. The third-order valence-electron chi connectivity index (χ3n) is 5.08. The van der Waals surface area contributed by atoms with E-state index in [1.807, 2.05) is 0 Å². The normalized spacial score (nSPS) is 16.8. The minimum atomic E-state index is -0.817. The maximum absolute atomic E-state index is 11.6. The van der Waals surface area contributed by atoms with E-state index in [1.165, 1.54) is 44.2 Å². The van der Waals surface area contributed by atoms with Crippen molar-refractivity contribution in [1.82, 2.24) is 15.3 Å². The average molecular weight is 346 g/mol. The van der Waals surface area contributed by atoms with Gasteiger partial charge in [-0.1, -0.05) is 19.3 Å². The number of rotatable bonds is 5. The van der Waals surface area contributed by atoms with Gasteiger partial charge >= 0.3 is 11.1 Å². The third kappa shape index (κ3) is 3.79. The second-order valence-electron chi connectivity index (χ2n) is 6.76. The number of aromatic nitrogens is 2. The minimum absolute atomic E-state index is 0.114. The van der Waals surface area contributed by atoms with Crippen LogP contribution in [-0.2, 0) is 6.54 Å². The summed E-state index contributed by atoms with van der Waals surface area (Å²) >= 11 is 0. The molecule has 1 fully saturated rings. The number of nitrogens with zero attached hydrogens (tertiary/aromatic N) is 1. The number of nitrogens with one attached hydrogen (secondary N) is 3. The maximum Gasteiger partial charge on any atom is 0.314 e. The number of hydrogen-bond acceptors (Lipinski definition) is 5. The van der Waals surface area contributed by atoms with Crippen LogP contribution in [0.4, 0.5) is 5.69 Å². The Kier molecular flexibility index (Phi) is 4.98. The Morgan fingerprint density at radius 2 is 1.88 bits per heavy atom. The first-order valence-corrected chi connectivity index (χ1v) is 8.62. The van der Waals surface area contributed by atoms with Crippen molar-refractivity contribution in [1.29, 1.82) is 0 Å². The molecule has 1 unspecified atom stereocenters. The predicted octanol–water partition coefficient (Wildman–Crippen LogP) is 2.18. The smallest absolute Gasteiger partial charge is 0.314 e. The van der Waals surface area contributed by atoms with Crippen LogP contribution in [0.1, 0.15) is 44.6 Å². The molecule has 134 valence electrons. The van der Waals surface area contributed by atoms with E-state index in [-0.39, 0.29) is 17.2 Å². The van der Waals surface area contributed by atoms with Gasteiger partial charge in [0, 0.05) is 24.7 Å². The summed E-state index contributed by atoms with van der Waals surface area (Å²) in [6.45, 7) is 2.51. The molecule has 1 aliphatic carbocycles. The van der Waals surface area contributed by atoms with Crippen molar-refractivity contribution in [2.75, 3.05) is 0 Å². The first-order chi connectivity index (χ1) is 12.0. The van der Waals surface area contributed by atoms with E-state index in [0.29, 0.717) is 23.5 Å². The Morgan fingerprint density at radius 1 is 1.20 bits per heavy atom. The molecule has 1 heterocycles. The van der Waals surface area contributed by atoms with Gasteiger partial charge in [0.1, 0.15) is 0 Å². The quantitative estimate of drug-likeness (QED) is 0.435. The summed E-state index contributed by atoms with van der Waals surface area (Å²) < 4.78 is 0. The molecule has 1 aromatic carbocycles. The van der Waals surface area contributed by atoms with Gasteiger partial charge in [-0.05, 0) is 31.2 Å². The van der Waals surface area contributed by atoms with E-state index in [1.54, 1.807) is 0 Å². The highest BCUT2D eigenvalue weighted by molar-refractivity contribution is 5.80. The number of nitro benzene ring substituents is 1. The fourth-order valence-corrected chi connectivity index (χ4v) is 3.60. The van der Waals surface area contributed by atoms with E-state index < -0.39 is 16.0 Å². The minimum Gasteiger partial charge on any atom is -0.316 e. The Bertz CT molecular complexity index is 896. The molecule has 3 rings (SSSR count). The van der Waals surface area contributed by atoms with E-state index in [0.717, 1.165) is 0 Å². The second-order valence-corrected chi connectivity index (χ2v) is 6.76. The Morgan fingerprint density at radius 3 is 2.56 bits per heavy atom. The third-order valence-corrected chi connectivity index (χ3v) is 5.08. The zero-order valence-corrected chi connectivity index (χ0v) is 14.1. The molecule has 0 bridgehead atoms. The van der Waals surface area contributed by atoms with Crippen LogP contribution in [0.25, 0.3) is 11.0 Å². The number of nitro groups is 1. The number of hydrogen-bond donors (Lipinski definition) is 3. The first kappa shape index (κ1) is 17.3. The van der Waals surface area contributed by atoms with Crippen molar-refractivity contribution in [3.8, 4) is 0 Å². The van der Waals surface area contributed by atoms with Gasteiger partial charge in [-0.25, -0.2) is 0 Å². The molecule has 1 atom stereocenters. The zero-order valence-electron chi connectivity index (χ0n) is 14.1. The molecule has 25 heavy (non-hydrogen) atoms. The van der Waals surface area contributed by atoms with E-state index in [9.17, 15) is 19.7 Å². The van der Waals surface area contributed by atoms with Crippen molar-refractivity contribution in [3.05, 3.63) is 48.5 Å². The average Bonchev–Trinajstić information content (AvgIpc) is 2.61. The largest absolute Gasteiger partial charge is 0.316 e. The summed E-state index contributed by atoms with van der Waals surface area (Å²) in [5, 5.41) is 14.6. The summed E-state index contributed by atoms with van der Waals surface area (Å²) in [5.41, 5.74) is -0.401. The second kappa shape index (κ2) is 7.18. The van der Waals surface area contributed by atoms with Crippen LogP contribution < -0.4 is 16.4 Å². The van der Waals surface area contributed by atoms with Crippen molar-refractivity contribution < 1.29 is 4.92 Å². The Balaban J connectivity index is 1.90. The molecular formula is C17H22N4O4. The van der Waals surface area contributed by atoms with Gasteiger partial charge in [0.15, 0.2) is 0 Å². The summed E-state index contributed by atoms with van der Waals surface area (Å²) in [6.07, 6.45) is 6.14. The lowest BCUT2D eigenvalue weighted by Gasteiger charge is -2.28. The Hall–Kier alpha value is -2.48. The van der Waals surface area contributed by atoms with Crippen LogP contribution in [0.15, 0.2) is 21.7 Å². The zero-order chi connectivity index (χ0) is 18.0. The molecule has 3 N–H and O–H groups in total. The number of non-ortho nitro benzene ring substituents is 1. The van der Waals surface area contributed by atoms with Gasteiger partial charge in [0.25, 0.3) is 5.69 Å². The summed E-state index contributed by atoms with van der Waals surface area (Å²) in [6, 6.07) is 2.99. The highest BCUT2D eigenvalue weighted by atomic mass is 16.6. The fourth-order valence-electron chi connectivity index (χ4n) is 3.60. The molecule has 0 radical (unpaired) electrons. The summed E-state index contributed by atoms with van der Waals surface area (Å²) in [7, 11) is 0. The highest BCUT2D eigenvalue weighted by Crippen LogP contribution is 2.27. The fraction of sp³-hybridized carbons (Fsp3) is 0.529. The van der Waals surface area contributed by atoms with Crippen molar-refractivity contribution >= 4 is 16.7 Å². The first-order valence-electron chi connectivity index (χ1n) is 8.62. The Labute approximate surface area is 143 Å². The molecule has 8 nitrogen and oxygen atoms in total. The number of aromatic amines is 2. The van der Waals surface area contributed by atoms with Gasteiger partial charge in [-0.3, -0.25) is 19.7 Å². The molecule has 0 aliphatic heterocycles. The van der Waals surface area contributed by atoms with E-state index in [4.69, 9.17) is 0 Å². The lowest BCUT2D eigenvalue weighted by atomic mass is 9.84. The van der Waals surface area contributed by atoms with Gasteiger partial charge in [0.2, 0.25) is 0 Å². The van der Waals surface area contributed by atoms with Gasteiger partial charge in [-0.2, -0.15) is 0 Å². The van der Waals surface area contributed by atoms with Crippen LogP contribution in [0, 0.1) is 16.0 Å². The molecule has 0 saturated heterocycles. The summed E-state index contributed by atoms with van der Waals surface area (Å²) in [5.74, 6) is 0.595. The standard InChI is InChI=1S/C17H22N4O4/c1-10(11-5-3-2-4-6-11)18-9-12-7-13(21(24)25)8-14-15(12)20-17(23)16(22)19-14/h7-8,10-11,18H,2-6,9H2,1H3,(H,19,22)(H,20,23). The molecule has 2 aromatic rings. The molecule has 8 heteroatoms. The number of fused-ring (bicyclic) bond motifs is 1. The van der Waals surface area contributed by atoms with Crippen molar-refractivity contribution in [2.45, 2.75) is 51.6 Å². The van der Waals surface area contributed by atoms with E-state index in [2.05, 4.69) is 22.2 Å². The molecule has 1 aliphatic rings. The highest BCUT2D eigenvalue weighted by Gasteiger charge is 2.20. The topological polar surface area (TPSA) is 121 Å². The van der Waals surface area contributed by atoms with Crippen molar-refractivity contribution in [2.24, 2.45) is 5.92 Å². The van der Waals surface area contributed by atoms with Gasteiger partial charge < -0.3 is 15.3 Å². The lowest BCUT2D eigenvalue weighted by Crippen LogP contribution is -2.34. The van der Waals surface area contributed by atoms with Crippen LogP contribution in [0.3, 0.4) is 0 Å². The molecule has 1 aromatic heterocycles. The SMILES string of the molecule is CC(NCc1cc([N+](=O)[O-])cc2[nH]c(=O)c(=O)[nH]c12)C1CCCCC1. The molecule has 1 saturated carbocycles. The van der Waals surface area contributed by atoms with Crippen LogP contribution in [0.2, 0.25) is 0 Å². The van der Waals surface area contributed by atoms with Crippen LogP contribution >= 0.6 is 0 Å². The molecular weight excluding hydrogens is 324 g/mol. The number of H-pyrrole nitrogens is 2. The van der Waals surface area contributed by atoms with E-state index >= 15 is 0 Å². The number of benzene rings is 1. The molecule has 0 amide bonds. The predicted molar refractivity (Wildman–Crippen MR) is 94.7 cm³/mol. The van der Waals surface area contributed by atoms with Gasteiger partial charge in [0.05, 0.1) is 16.0 Å². The van der Waals surface area contributed by atoms with Gasteiger partial charge in [-0.15, -0.1) is 0 Å². The summed E-state index contributed by atoms with van der Waals surface area (Å²) in [4.78, 5) is 38.7.